The van der Waals surface area contributed by atoms with Crippen LogP contribution in [0.4, 0.5) is 5.69 Å². The highest BCUT2D eigenvalue weighted by molar-refractivity contribution is 7.92. The van der Waals surface area contributed by atoms with Crippen LogP contribution in [-0.4, -0.2) is 35.2 Å². The highest BCUT2D eigenvalue weighted by atomic mass is 32.2. The summed E-state index contributed by atoms with van der Waals surface area (Å²) in [5.74, 6) is 1.32. The van der Waals surface area contributed by atoms with E-state index < -0.39 is 10.0 Å². The Balaban J connectivity index is 1.45. The van der Waals surface area contributed by atoms with Gasteiger partial charge >= 0.3 is 0 Å². The SMILES string of the molecule is COc1ccc([C@H](C)NC(=O)COc2ccc(N(Cc3ccccc3)S(=O)(=O)c3ccc(C)cc3)cc2)cc1OC. The van der Waals surface area contributed by atoms with E-state index in [1.165, 1.54) is 4.31 Å². The van der Waals surface area contributed by atoms with Crippen molar-refractivity contribution in [3.8, 4) is 17.2 Å². The summed E-state index contributed by atoms with van der Waals surface area (Å²) in [5.41, 5.74) is 3.16. The molecule has 1 atom stereocenters. The van der Waals surface area contributed by atoms with Gasteiger partial charge in [0.15, 0.2) is 18.1 Å². The zero-order valence-corrected chi connectivity index (χ0v) is 24.4. The van der Waals surface area contributed by atoms with E-state index in [9.17, 15) is 13.2 Å². The normalized spacial score (nSPS) is 11.8. The summed E-state index contributed by atoms with van der Waals surface area (Å²) >= 11 is 0. The number of carbonyl (C=O) groups is 1. The Morgan fingerprint density at radius 2 is 1.51 bits per heavy atom. The van der Waals surface area contributed by atoms with Crippen LogP contribution >= 0.6 is 0 Å². The first-order valence-electron chi connectivity index (χ1n) is 13.1. The molecule has 41 heavy (non-hydrogen) atoms. The monoisotopic (exact) mass is 574 g/mol. The van der Waals surface area contributed by atoms with Gasteiger partial charge in [0.2, 0.25) is 0 Å². The minimum atomic E-state index is -3.85. The molecule has 0 aromatic heterocycles. The smallest absolute Gasteiger partial charge is 0.264 e. The van der Waals surface area contributed by atoms with Gasteiger partial charge < -0.3 is 19.5 Å². The van der Waals surface area contributed by atoms with Crippen molar-refractivity contribution in [2.24, 2.45) is 0 Å². The van der Waals surface area contributed by atoms with Gasteiger partial charge in [0, 0.05) is 0 Å². The van der Waals surface area contributed by atoms with E-state index in [2.05, 4.69) is 5.32 Å². The number of benzene rings is 4. The third kappa shape index (κ3) is 7.37. The van der Waals surface area contributed by atoms with Crippen LogP contribution in [0.5, 0.6) is 17.2 Å². The molecule has 0 aliphatic rings. The second-order valence-electron chi connectivity index (χ2n) is 9.50. The van der Waals surface area contributed by atoms with Crippen molar-refractivity contribution in [3.63, 3.8) is 0 Å². The average Bonchev–Trinajstić information content (AvgIpc) is 2.99. The predicted octanol–water partition coefficient (Wildman–Crippen LogP) is 5.66. The molecule has 8 nitrogen and oxygen atoms in total. The molecule has 0 spiro atoms. The van der Waals surface area contributed by atoms with E-state index in [4.69, 9.17) is 14.2 Å². The van der Waals surface area contributed by atoms with Gasteiger partial charge in [-0.1, -0.05) is 54.1 Å². The summed E-state index contributed by atoms with van der Waals surface area (Å²) in [6.45, 7) is 3.73. The molecule has 0 heterocycles. The standard InChI is InChI=1S/C32H34N2O6S/c1-23-10-17-29(18-11-23)41(36,37)34(21-25-8-6-5-7-9-25)27-13-15-28(16-14-27)40-22-32(35)33-24(2)26-12-19-30(38-3)31(20-26)39-4/h5-20,24H,21-22H2,1-4H3,(H,33,35)/t24-/m0/s1. The van der Waals surface area contributed by atoms with Crippen molar-refractivity contribution in [3.05, 3.63) is 114 Å². The number of anilines is 1. The summed E-state index contributed by atoms with van der Waals surface area (Å²) in [5, 5.41) is 2.91. The largest absolute Gasteiger partial charge is 0.493 e. The minimum Gasteiger partial charge on any atom is -0.493 e. The lowest BCUT2D eigenvalue weighted by Crippen LogP contribution is -2.31. The van der Waals surface area contributed by atoms with E-state index >= 15 is 0 Å². The molecule has 1 amide bonds. The number of nitrogens with one attached hydrogen (secondary N) is 1. The molecular formula is C32H34N2O6S. The zero-order chi connectivity index (χ0) is 29.4. The maximum Gasteiger partial charge on any atom is 0.264 e. The van der Waals surface area contributed by atoms with Crippen LogP contribution in [0.25, 0.3) is 0 Å². The molecule has 4 rings (SSSR count). The van der Waals surface area contributed by atoms with E-state index in [-0.39, 0.29) is 30.0 Å². The Hall–Kier alpha value is -4.50. The van der Waals surface area contributed by atoms with Gasteiger partial charge in [-0.2, -0.15) is 0 Å². The number of sulfonamides is 1. The number of hydrogen-bond donors (Lipinski definition) is 1. The number of ether oxygens (including phenoxy) is 3. The number of rotatable bonds is 12. The van der Waals surface area contributed by atoms with E-state index in [0.717, 1.165) is 16.7 Å². The number of nitrogens with zero attached hydrogens (tertiary/aromatic N) is 1. The highest BCUT2D eigenvalue weighted by Crippen LogP contribution is 2.30. The van der Waals surface area contributed by atoms with Crippen molar-refractivity contribution < 1.29 is 27.4 Å². The Morgan fingerprint density at radius 3 is 2.15 bits per heavy atom. The third-order valence-corrected chi connectivity index (χ3v) is 8.35. The van der Waals surface area contributed by atoms with Crippen LogP contribution in [0, 0.1) is 6.92 Å². The van der Waals surface area contributed by atoms with Crippen LogP contribution in [0.2, 0.25) is 0 Å². The molecule has 0 saturated carbocycles. The molecule has 0 unspecified atom stereocenters. The van der Waals surface area contributed by atoms with Crippen LogP contribution in [-0.2, 0) is 21.4 Å². The summed E-state index contributed by atoms with van der Waals surface area (Å²) < 4.78 is 45.0. The van der Waals surface area contributed by atoms with E-state index in [1.807, 2.05) is 56.3 Å². The Morgan fingerprint density at radius 1 is 0.854 bits per heavy atom. The maximum atomic E-state index is 13.7. The molecular weight excluding hydrogens is 540 g/mol. The minimum absolute atomic E-state index is 0.160. The van der Waals surface area contributed by atoms with Gasteiger partial charge in [-0.3, -0.25) is 9.10 Å². The first kappa shape index (κ1) is 29.5. The second kappa shape index (κ2) is 13.2. The topological polar surface area (TPSA) is 94.2 Å². The molecule has 0 bridgehead atoms. The van der Waals surface area contributed by atoms with Gasteiger partial charge in [-0.15, -0.1) is 0 Å². The summed E-state index contributed by atoms with van der Waals surface area (Å²) in [4.78, 5) is 12.8. The highest BCUT2D eigenvalue weighted by Gasteiger charge is 2.25. The fraction of sp³-hybridized carbons (Fsp3) is 0.219. The summed E-state index contributed by atoms with van der Waals surface area (Å²) in [6, 6.07) is 28.0. The van der Waals surface area contributed by atoms with Gasteiger partial charge in [0.05, 0.1) is 37.4 Å². The molecule has 0 fully saturated rings. The predicted molar refractivity (Wildman–Crippen MR) is 159 cm³/mol. The van der Waals surface area contributed by atoms with Crippen molar-refractivity contribution in [2.75, 3.05) is 25.1 Å². The third-order valence-electron chi connectivity index (χ3n) is 6.56. The molecule has 1 N–H and O–H groups in total. The second-order valence-corrected chi connectivity index (χ2v) is 11.4. The van der Waals surface area contributed by atoms with Crippen molar-refractivity contribution in [2.45, 2.75) is 31.3 Å². The number of aryl methyl sites for hydroxylation is 1. The Labute approximate surface area is 241 Å². The van der Waals surface area contributed by atoms with E-state index in [1.54, 1.807) is 68.8 Å². The van der Waals surface area contributed by atoms with Crippen LogP contribution < -0.4 is 23.8 Å². The molecule has 9 heteroatoms. The zero-order valence-electron chi connectivity index (χ0n) is 23.5. The van der Waals surface area contributed by atoms with Crippen molar-refractivity contribution in [1.29, 1.82) is 0 Å². The number of carbonyl (C=O) groups excluding carboxylic acids is 1. The lowest BCUT2D eigenvalue weighted by molar-refractivity contribution is -0.123. The molecule has 214 valence electrons. The van der Waals surface area contributed by atoms with Crippen molar-refractivity contribution in [1.82, 2.24) is 5.32 Å². The molecule has 0 aliphatic carbocycles. The quantitative estimate of drug-likeness (QED) is 0.235. The fourth-order valence-corrected chi connectivity index (χ4v) is 5.70. The molecule has 4 aromatic rings. The lowest BCUT2D eigenvalue weighted by atomic mass is 10.1. The summed E-state index contributed by atoms with van der Waals surface area (Å²) in [6.07, 6.45) is 0. The first-order chi connectivity index (χ1) is 19.7. The molecule has 0 radical (unpaired) electrons. The average molecular weight is 575 g/mol. The lowest BCUT2D eigenvalue weighted by Gasteiger charge is -2.25. The number of methoxy groups -OCH3 is 2. The number of amides is 1. The van der Waals surface area contributed by atoms with Crippen LogP contribution in [0.15, 0.2) is 102 Å². The molecule has 0 saturated heterocycles. The van der Waals surface area contributed by atoms with Crippen molar-refractivity contribution >= 4 is 21.6 Å². The van der Waals surface area contributed by atoms with Gasteiger partial charge in [0.25, 0.3) is 15.9 Å². The fourth-order valence-electron chi connectivity index (χ4n) is 4.25. The summed E-state index contributed by atoms with van der Waals surface area (Å²) in [7, 11) is -0.721. The molecule has 4 aromatic carbocycles. The van der Waals surface area contributed by atoms with Gasteiger partial charge in [-0.05, 0) is 73.5 Å². The number of hydrogen-bond acceptors (Lipinski definition) is 6. The van der Waals surface area contributed by atoms with Gasteiger partial charge in [0.1, 0.15) is 5.75 Å². The molecule has 0 aliphatic heterocycles. The van der Waals surface area contributed by atoms with Gasteiger partial charge in [-0.25, -0.2) is 8.42 Å². The first-order valence-corrected chi connectivity index (χ1v) is 14.5. The Kier molecular flexibility index (Phi) is 9.52. The maximum absolute atomic E-state index is 13.7. The van der Waals surface area contributed by atoms with E-state index in [0.29, 0.717) is 22.9 Å². The Bertz CT molecular complexity index is 1560. The van der Waals surface area contributed by atoms with Crippen LogP contribution in [0.1, 0.15) is 29.7 Å². The van der Waals surface area contributed by atoms with Crippen LogP contribution in [0.3, 0.4) is 0 Å².